The van der Waals surface area contributed by atoms with E-state index in [9.17, 15) is 0 Å². The van der Waals surface area contributed by atoms with Crippen LogP contribution in [-0.2, 0) is 0 Å². The van der Waals surface area contributed by atoms with Crippen LogP contribution in [0.2, 0.25) is 5.28 Å². The highest BCUT2D eigenvalue weighted by Gasteiger charge is 2.20. The first-order valence-corrected chi connectivity index (χ1v) is 9.51. The zero-order valence-electron chi connectivity index (χ0n) is 14.6. The molecule has 6 nitrogen and oxygen atoms in total. The van der Waals surface area contributed by atoms with E-state index in [1.807, 2.05) is 36.7 Å². The van der Waals surface area contributed by atoms with Crippen molar-refractivity contribution in [2.45, 2.75) is 38.1 Å². The maximum absolute atomic E-state index is 6.17. The highest BCUT2D eigenvalue weighted by Crippen LogP contribution is 2.31. The van der Waals surface area contributed by atoms with Crippen LogP contribution in [0.4, 0.5) is 5.82 Å². The molecule has 4 rings (SSSR count). The van der Waals surface area contributed by atoms with Gasteiger partial charge < -0.3 is 14.6 Å². The van der Waals surface area contributed by atoms with Crippen LogP contribution in [0.5, 0.6) is 5.75 Å². The number of imidazole rings is 1. The zero-order chi connectivity index (χ0) is 17.8. The summed E-state index contributed by atoms with van der Waals surface area (Å²) in [6.07, 6.45) is 8.03. The Bertz CT molecular complexity index is 861. The van der Waals surface area contributed by atoms with Gasteiger partial charge in [-0.3, -0.25) is 0 Å². The van der Waals surface area contributed by atoms with Crippen LogP contribution in [0.15, 0.2) is 36.7 Å². The normalized spacial score (nSPS) is 15.3. The Labute approximate surface area is 157 Å². The topological polar surface area (TPSA) is 64.9 Å². The number of ether oxygens (including phenoxy) is 1. The van der Waals surface area contributed by atoms with E-state index in [0.717, 1.165) is 16.9 Å². The minimum atomic E-state index is 0.238. The van der Waals surface area contributed by atoms with E-state index >= 15 is 0 Å². The summed E-state index contributed by atoms with van der Waals surface area (Å²) in [5.74, 6) is 1.51. The summed E-state index contributed by atoms with van der Waals surface area (Å²) >= 11 is 6.17. The largest absolute Gasteiger partial charge is 0.492 e. The lowest BCUT2D eigenvalue weighted by molar-refractivity contribution is 0.333. The minimum absolute atomic E-state index is 0.238. The van der Waals surface area contributed by atoms with Crippen LogP contribution >= 0.6 is 11.6 Å². The van der Waals surface area contributed by atoms with Crippen LogP contribution in [0.1, 0.15) is 38.1 Å². The molecule has 1 aliphatic rings. The van der Waals surface area contributed by atoms with Gasteiger partial charge in [-0.05, 0) is 36.6 Å². The molecule has 1 aromatic carbocycles. The van der Waals surface area contributed by atoms with Crippen LogP contribution in [-0.4, -0.2) is 32.7 Å². The fourth-order valence-corrected chi connectivity index (χ4v) is 3.66. The van der Waals surface area contributed by atoms with Crippen LogP contribution in [0.25, 0.3) is 11.2 Å². The molecule has 0 bridgehead atoms. The lowest BCUT2D eigenvalue weighted by Gasteiger charge is -2.23. The fraction of sp³-hybridized carbons (Fsp3) is 0.421. The molecule has 0 radical (unpaired) electrons. The van der Waals surface area contributed by atoms with Gasteiger partial charge >= 0.3 is 0 Å². The van der Waals surface area contributed by atoms with Crippen LogP contribution in [0.3, 0.4) is 0 Å². The molecule has 0 saturated heterocycles. The maximum Gasteiger partial charge on any atom is 0.226 e. The van der Waals surface area contributed by atoms with E-state index in [0.29, 0.717) is 25.0 Å². The lowest BCUT2D eigenvalue weighted by Crippen LogP contribution is -2.14. The van der Waals surface area contributed by atoms with Gasteiger partial charge in [0.1, 0.15) is 12.4 Å². The average Bonchev–Trinajstić information content (AvgIpc) is 3.10. The Morgan fingerprint density at radius 1 is 1.12 bits per heavy atom. The number of benzene rings is 1. The first-order valence-electron chi connectivity index (χ1n) is 9.13. The molecule has 136 valence electrons. The van der Waals surface area contributed by atoms with Gasteiger partial charge in [0.15, 0.2) is 17.0 Å². The number of hydrogen-bond donors (Lipinski definition) is 1. The molecule has 2 aromatic heterocycles. The van der Waals surface area contributed by atoms with Crippen molar-refractivity contribution in [3.8, 4) is 5.75 Å². The number of para-hydroxylation sites is 1. The first kappa shape index (κ1) is 17.1. The van der Waals surface area contributed by atoms with E-state index in [1.165, 1.54) is 32.1 Å². The maximum atomic E-state index is 6.17. The van der Waals surface area contributed by atoms with Crippen molar-refractivity contribution in [1.82, 2.24) is 19.5 Å². The number of fused-ring (bicyclic) bond motifs is 1. The third-order valence-corrected chi connectivity index (χ3v) is 4.94. The predicted octanol–water partition coefficient (Wildman–Crippen LogP) is 4.48. The molecule has 7 heteroatoms. The Morgan fingerprint density at radius 2 is 1.92 bits per heavy atom. The van der Waals surface area contributed by atoms with Gasteiger partial charge in [-0.2, -0.15) is 9.97 Å². The zero-order valence-corrected chi connectivity index (χ0v) is 15.3. The summed E-state index contributed by atoms with van der Waals surface area (Å²) in [6.45, 7) is 1.13. The van der Waals surface area contributed by atoms with Crippen molar-refractivity contribution >= 4 is 28.6 Å². The molecule has 2 heterocycles. The predicted molar refractivity (Wildman–Crippen MR) is 103 cm³/mol. The number of nitrogens with zero attached hydrogens (tertiary/aromatic N) is 4. The number of hydrogen-bond acceptors (Lipinski definition) is 5. The van der Waals surface area contributed by atoms with E-state index in [4.69, 9.17) is 16.3 Å². The molecule has 1 aliphatic carbocycles. The summed E-state index contributed by atoms with van der Waals surface area (Å²) in [4.78, 5) is 13.3. The Balaban J connectivity index is 1.47. The number of aromatic nitrogens is 4. The highest BCUT2D eigenvalue weighted by atomic mass is 35.5. The third kappa shape index (κ3) is 3.75. The van der Waals surface area contributed by atoms with E-state index < -0.39 is 0 Å². The minimum Gasteiger partial charge on any atom is -0.492 e. The molecule has 1 N–H and O–H groups in total. The van der Waals surface area contributed by atoms with Gasteiger partial charge in [-0.1, -0.05) is 37.5 Å². The highest BCUT2D eigenvalue weighted by molar-refractivity contribution is 6.28. The van der Waals surface area contributed by atoms with Gasteiger partial charge in [0, 0.05) is 6.04 Å². The van der Waals surface area contributed by atoms with Crippen molar-refractivity contribution in [2.24, 2.45) is 0 Å². The fourth-order valence-electron chi connectivity index (χ4n) is 3.49. The van der Waals surface area contributed by atoms with E-state index in [1.54, 1.807) is 0 Å². The summed E-state index contributed by atoms with van der Waals surface area (Å²) in [5.41, 5.74) is 1.57. The van der Waals surface area contributed by atoms with Gasteiger partial charge in [-0.25, -0.2) is 4.98 Å². The molecule has 3 aromatic rings. The Morgan fingerprint density at radius 3 is 2.73 bits per heavy atom. The molecule has 0 spiro atoms. The quantitative estimate of drug-likeness (QED) is 0.511. The molecule has 0 aliphatic heterocycles. The second-order valence-electron chi connectivity index (χ2n) is 6.55. The summed E-state index contributed by atoms with van der Waals surface area (Å²) < 4.78 is 7.87. The average molecular weight is 372 g/mol. The summed E-state index contributed by atoms with van der Waals surface area (Å²) in [6, 6.07) is 10.2. The van der Waals surface area contributed by atoms with Gasteiger partial charge in [0.05, 0.1) is 12.9 Å². The Hall–Kier alpha value is -2.34. The van der Waals surface area contributed by atoms with Crippen molar-refractivity contribution < 1.29 is 4.74 Å². The number of anilines is 1. The molecule has 1 saturated carbocycles. The summed E-state index contributed by atoms with van der Waals surface area (Å²) in [7, 11) is 0. The lowest BCUT2D eigenvalue weighted by atomic mass is 9.95. The summed E-state index contributed by atoms with van der Waals surface area (Å²) in [5, 5.41) is 3.52. The van der Waals surface area contributed by atoms with E-state index in [2.05, 4.69) is 24.8 Å². The van der Waals surface area contributed by atoms with Crippen molar-refractivity contribution in [2.75, 3.05) is 18.5 Å². The van der Waals surface area contributed by atoms with Crippen molar-refractivity contribution in [3.63, 3.8) is 0 Å². The second-order valence-corrected chi connectivity index (χ2v) is 6.88. The molecular weight excluding hydrogens is 350 g/mol. The molecule has 0 amide bonds. The first-order chi connectivity index (χ1) is 12.8. The van der Waals surface area contributed by atoms with E-state index in [-0.39, 0.29) is 5.28 Å². The van der Waals surface area contributed by atoms with Gasteiger partial charge in [0.25, 0.3) is 0 Å². The Kier molecular flexibility index (Phi) is 5.20. The molecule has 1 fully saturated rings. The number of halogens is 1. The SMILES string of the molecule is Clc1nc(NCCOc2ccccc2)c2ncn(C3CCCCC3)c2n1. The number of nitrogens with one attached hydrogen (secondary N) is 1. The molecule has 26 heavy (non-hydrogen) atoms. The second kappa shape index (κ2) is 7.91. The van der Waals surface area contributed by atoms with Crippen molar-refractivity contribution in [1.29, 1.82) is 0 Å². The van der Waals surface area contributed by atoms with Gasteiger partial charge in [0.2, 0.25) is 5.28 Å². The molecule has 0 unspecified atom stereocenters. The molecular formula is C19H22ClN5O. The monoisotopic (exact) mass is 371 g/mol. The van der Waals surface area contributed by atoms with Crippen LogP contribution in [0, 0.1) is 0 Å². The smallest absolute Gasteiger partial charge is 0.226 e. The molecule has 0 atom stereocenters. The van der Waals surface area contributed by atoms with Gasteiger partial charge in [-0.15, -0.1) is 0 Å². The number of rotatable bonds is 6. The van der Waals surface area contributed by atoms with Crippen LogP contribution < -0.4 is 10.1 Å². The van der Waals surface area contributed by atoms with Crippen molar-refractivity contribution in [3.05, 3.63) is 41.9 Å². The standard InChI is InChI=1S/C19H22ClN5O/c20-19-23-17(21-11-12-26-15-9-5-2-6-10-15)16-18(24-19)25(13-22-16)14-7-3-1-4-8-14/h2,5-6,9-10,13-14H,1,3-4,7-8,11-12H2,(H,21,23,24). The third-order valence-electron chi connectivity index (χ3n) is 4.77.